The van der Waals surface area contributed by atoms with Crippen molar-refractivity contribution in [3.8, 4) is 5.75 Å². The van der Waals surface area contributed by atoms with E-state index in [0.29, 0.717) is 54.9 Å². The summed E-state index contributed by atoms with van der Waals surface area (Å²) in [5.41, 5.74) is 9.17. The zero-order valence-electron chi connectivity index (χ0n) is 37.1. The van der Waals surface area contributed by atoms with Crippen molar-refractivity contribution in [1.82, 2.24) is 9.97 Å². The molecule has 7 heteroatoms. The van der Waals surface area contributed by atoms with Crippen LogP contribution in [0.1, 0.15) is 95.3 Å². The highest BCUT2D eigenvalue weighted by Gasteiger charge is 2.29. The van der Waals surface area contributed by atoms with Crippen molar-refractivity contribution in [1.29, 1.82) is 0 Å². The van der Waals surface area contributed by atoms with Crippen molar-refractivity contribution in [3.63, 3.8) is 0 Å². The van der Waals surface area contributed by atoms with Crippen LogP contribution in [0, 0.1) is 29.6 Å². The lowest BCUT2D eigenvalue weighted by Crippen LogP contribution is -2.29. The van der Waals surface area contributed by atoms with E-state index in [1.807, 2.05) is 72.8 Å². The van der Waals surface area contributed by atoms with E-state index in [2.05, 4.69) is 99.0 Å². The van der Waals surface area contributed by atoms with Crippen LogP contribution >= 0.6 is 0 Å². The maximum atomic E-state index is 12.5. The van der Waals surface area contributed by atoms with Gasteiger partial charge in [-0.05, 0) is 107 Å². The molecule has 3 heterocycles. The minimum atomic E-state index is -0.269. The minimum absolute atomic E-state index is 0.0983. The number of carbonyl (C=O) groups is 2. The largest absolute Gasteiger partial charge is 0.491 e. The third-order valence-corrected chi connectivity index (χ3v) is 13.3. The summed E-state index contributed by atoms with van der Waals surface area (Å²) in [7, 11) is 0. The number of hydrogen-bond acceptors (Lipinski definition) is 4. The van der Waals surface area contributed by atoms with Gasteiger partial charge in [0.05, 0.1) is 12.3 Å². The summed E-state index contributed by atoms with van der Waals surface area (Å²) < 4.78 is 12.4. The smallest absolute Gasteiger partial charge is 0.270 e. The number of rotatable bonds is 19. The second kappa shape index (κ2) is 20.7. The molecule has 7 rings (SSSR count). The number of aromatic nitrogens is 2. The molecule has 2 aliphatic rings. The SMILES string of the molecule is CCC(C)C(C)C(CCOCCOc1ccc(/C(c2ccc(/C(=C3/C=CC(=O)C3)c3ccccc3)[nH]2)=c2\cc/c(=C(/C3=NC(=O)C=C3)c3ccccc3)[nH]2)cc1)C(C)C(C)CC. The average Bonchev–Trinajstić information content (AvgIpc) is 4.14. The molecule has 3 aromatic carbocycles. The van der Waals surface area contributed by atoms with E-state index in [0.717, 1.165) is 79.8 Å². The summed E-state index contributed by atoms with van der Waals surface area (Å²) in [6.07, 6.45) is 10.7. The van der Waals surface area contributed by atoms with Crippen LogP contribution in [0.3, 0.4) is 0 Å². The molecule has 0 saturated carbocycles. The Morgan fingerprint density at radius 1 is 0.597 bits per heavy atom. The van der Waals surface area contributed by atoms with Crippen LogP contribution in [-0.4, -0.2) is 47.2 Å². The first-order valence-electron chi connectivity index (χ1n) is 22.4. The van der Waals surface area contributed by atoms with Crippen molar-refractivity contribution in [2.24, 2.45) is 34.6 Å². The number of benzene rings is 3. The fraction of sp³-hybridized carbons (Fsp3) is 0.327. The zero-order chi connectivity index (χ0) is 43.6. The molecule has 0 saturated heterocycles. The molecule has 2 aromatic heterocycles. The standard InChI is InChI=1S/C55H61N3O4/c1-7-36(3)38(5)46(39(6)37(4)8-2)31-32-61-33-34-62-45-23-20-42(21-24-45)55(49-26-25-47(56-49)53(40-15-11-9-12-16-40)43-19-22-44(59)35-43)50-28-27-48(57-50)54(41-17-13-10-14-18-41)51-29-30-52(60)58-51/h9-30,36-39,46,56-57H,7-8,31-35H2,1-6H3/b53-43-,54-48-,55-50-. The van der Waals surface area contributed by atoms with Crippen LogP contribution < -0.4 is 15.4 Å². The summed E-state index contributed by atoms with van der Waals surface area (Å²) in [6, 6.07) is 36.7. The van der Waals surface area contributed by atoms with E-state index in [9.17, 15) is 9.59 Å². The van der Waals surface area contributed by atoms with Crippen molar-refractivity contribution in [2.45, 2.75) is 67.2 Å². The Balaban J connectivity index is 1.18. The fourth-order valence-electron chi connectivity index (χ4n) is 9.00. The molecule has 2 N–H and O–H groups in total. The Morgan fingerprint density at radius 2 is 1.18 bits per heavy atom. The van der Waals surface area contributed by atoms with Gasteiger partial charge in [-0.15, -0.1) is 0 Å². The number of hydrogen-bond donors (Lipinski definition) is 2. The van der Waals surface area contributed by atoms with Gasteiger partial charge in [0.15, 0.2) is 5.78 Å². The predicted molar refractivity (Wildman–Crippen MR) is 252 cm³/mol. The Bertz CT molecular complexity index is 2560. The predicted octanol–water partition coefficient (Wildman–Crippen LogP) is 10.4. The van der Waals surface area contributed by atoms with Crippen LogP contribution in [0.25, 0.3) is 16.7 Å². The molecule has 0 fully saturated rings. The number of carbonyl (C=O) groups excluding carboxylic acids is 2. The lowest BCUT2D eigenvalue weighted by atomic mass is 9.70. The fourth-order valence-corrected chi connectivity index (χ4v) is 9.00. The van der Waals surface area contributed by atoms with Gasteiger partial charge >= 0.3 is 0 Å². The summed E-state index contributed by atoms with van der Waals surface area (Å²) >= 11 is 0. The van der Waals surface area contributed by atoms with Crippen molar-refractivity contribution in [2.75, 3.05) is 19.8 Å². The van der Waals surface area contributed by atoms with E-state index in [4.69, 9.17) is 9.47 Å². The molecule has 7 nitrogen and oxygen atoms in total. The maximum Gasteiger partial charge on any atom is 0.270 e. The number of aromatic amines is 2. The molecule has 0 spiro atoms. The summed E-state index contributed by atoms with van der Waals surface area (Å²) in [6.45, 7) is 16.0. The second-order valence-electron chi connectivity index (χ2n) is 17.0. The molecular weight excluding hydrogens is 767 g/mol. The molecule has 5 aromatic rings. The molecule has 1 amide bonds. The molecule has 0 bridgehead atoms. The third-order valence-electron chi connectivity index (χ3n) is 13.3. The number of ketones is 1. The molecule has 1 aliphatic carbocycles. The highest BCUT2D eigenvalue weighted by molar-refractivity contribution is 6.34. The lowest BCUT2D eigenvalue weighted by Gasteiger charge is -2.36. The van der Waals surface area contributed by atoms with Gasteiger partial charge in [-0.25, -0.2) is 4.99 Å². The first-order chi connectivity index (χ1) is 30.1. The molecular formula is C55H61N3O4. The molecule has 320 valence electrons. The number of ether oxygens (including phenoxy) is 2. The van der Waals surface area contributed by atoms with Crippen molar-refractivity contribution in [3.05, 3.63) is 178 Å². The zero-order valence-corrected chi connectivity index (χ0v) is 37.1. The molecule has 1 aliphatic heterocycles. The van der Waals surface area contributed by atoms with Crippen molar-refractivity contribution < 1.29 is 19.1 Å². The average molecular weight is 828 g/mol. The van der Waals surface area contributed by atoms with Crippen LogP contribution in [-0.2, 0) is 14.3 Å². The maximum absolute atomic E-state index is 12.5. The van der Waals surface area contributed by atoms with Gasteiger partial charge in [0, 0.05) is 57.9 Å². The van der Waals surface area contributed by atoms with E-state index in [-0.39, 0.29) is 11.7 Å². The van der Waals surface area contributed by atoms with Crippen LogP contribution in [0.5, 0.6) is 5.75 Å². The van der Waals surface area contributed by atoms with E-state index < -0.39 is 0 Å². The Labute approximate surface area is 367 Å². The summed E-state index contributed by atoms with van der Waals surface area (Å²) in [4.78, 5) is 36.5. The quantitative estimate of drug-likeness (QED) is 0.0811. The monoisotopic (exact) mass is 827 g/mol. The van der Waals surface area contributed by atoms with Crippen LogP contribution in [0.4, 0.5) is 0 Å². The minimum Gasteiger partial charge on any atom is -0.491 e. The Hall–Kier alpha value is -6.05. The Kier molecular flexibility index (Phi) is 14.7. The van der Waals surface area contributed by atoms with Gasteiger partial charge in [0.1, 0.15) is 12.4 Å². The number of nitrogens with zero attached hydrogens (tertiary/aromatic N) is 1. The second-order valence-corrected chi connectivity index (χ2v) is 17.0. The topological polar surface area (TPSA) is 96.5 Å². The molecule has 4 atom stereocenters. The van der Waals surface area contributed by atoms with Gasteiger partial charge in [-0.1, -0.05) is 133 Å². The van der Waals surface area contributed by atoms with Gasteiger partial charge in [0.25, 0.3) is 5.91 Å². The van der Waals surface area contributed by atoms with E-state index >= 15 is 0 Å². The van der Waals surface area contributed by atoms with Crippen LogP contribution in [0.2, 0.25) is 0 Å². The lowest BCUT2D eigenvalue weighted by molar-refractivity contribution is -0.114. The molecule has 62 heavy (non-hydrogen) atoms. The third kappa shape index (κ3) is 10.3. The summed E-state index contributed by atoms with van der Waals surface area (Å²) in [5, 5.41) is 1.72. The van der Waals surface area contributed by atoms with Crippen LogP contribution in [0.15, 0.2) is 144 Å². The highest BCUT2D eigenvalue weighted by atomic mass is 16.5. The van der Waals surface area contributed by atoms with E-state index in [1.54, 1.807) is 12.2 Å². The van der Waals surface area contributed by atoms with Gasteiger partial charge < -0.3 is 19.4 Å². The van der Waals surface area contributed by atoms with Crippen molar-refractivity contribution >= 4 is 34.1 Å². The Morgan fingerprint density at radius 3 is 1.74 bits per heavy atom. The number of nitrogens with one attached hydrogen (secondary N) is 2. The van der Waals surface area contributed by atoms with Gasteiger partial charge in [-0.3, -0.25) is 9.59 Å². The first kappa shape index (κ1) is 44.0. The number of amides is 1. The molecule has 0 radical (unpaired) electrons. The number of aliphatic imine (C=N–C) groups is 1. The summed E-state index contributed by atoms with van der Waals surface area (Å²) in [5.74, 6) is 3.94. The first-order valence-corrected chi connectivity index (χ1v) is 22.4. The van der Waals surface area contributed by atoms with Gasteiger partial charge in [0.2, 0.25) is 0 Å². The molecule has 4 unspecified atom stereocenters. The van der Waals surface area contributed by atoms with E-state index in [1.165, 1.54) is 18.9 Å². The number of H-pyrrole nitrogens is 2. The highest BCUT2D eigenvalue weighted by Crippen LogP contribution is 2.37. The number of allylic oxidation sites excluding steroid dienone is 4. The normalized spacial score (nSPS) is 18.0. The van der Waals surface area contributed by atoms with Gasteiger partial charge in [-0.2, -0.15) is 0 Å².